The maximum Gasteiger partial charge on any atom is 0.347 e. The molecule has 2 unspecified atom stereocenters. The fraction of sp³-hybridized carbons (Fsp3) is 0.714. The van der Waals surface area contributed by atoms with Gasteiger partial charge in [0.05, 0.1) is 10.7 Å². The van der Waals surface area contributed by atoms with E-state index in [4.69, 9.17) is 0 Å². The molecule has 0 saturated carbocycles. The van der Waals surface area contributed by atoms with Crippen LogP contribution in [0.25, 0.3) is 0 Å². The molecule has 1 N–H and O–H groups in total. The van der Waals surface area contributed by atoms with Crippen LogP contribution < -0.4 is 0 Å². The van der Waals surface area contributed by atoms with Gasteiger partial charge in [-0.05, 0) is 39.2 Å². The van der Waals surface area contributed by atoms with Crippen LogP contribution in [0.4, 0.5) is 0 Å². The van der Waals surface area contributed by atoms with Crippen molar-refractivity contribution in [1.82, 2.24) is 9.88 Å². The minimum absolute atomic E-state index is 0.448. The van der Waals surface area contributed by atoms with E-state index in [1.807, 2.05) is 6.92 Å². The van der Waals surface area contributed by atoms with Gasteiger partial charge in [-0.1, -0.05) is 6.92 Å². The number of hydrogen-bond acceptors (Lipinski definition) is 4. The molecular formula is C14H20N2O2S. The first kappa shape index (κ1) is 13.1. The highest BCUT2D eigenvalue weighted by Crippen LogP contribution is 2.43. The summed E-state index contributed by atoms with van der Waals surface area (Å²) in [7, 11) is 2.22. The van der Waals surface area contributed by atoms with E-state index in [0.717, 1.165) is 23.5 Å². The fourth-order valence-electron chi connectivity index (χ4n) is 3.56. The van der Waals surface area contributed by atoms with Gasteiger partial charge < -0.3 is 10.0 Å². The summed E-state index contributed by atoms with van der Waals surface area (Å²) in [5, 5.41) is 10.3. The topological polar surface area (TPSA) is 53.4 Å². The number of carboxylic acids is 1. The summed E-state index contributed by atoms with van der Waals surface area (Å²) in [6.07, 6.45) is 5.56. The third-order valence-corrected chi connectivity index (χ3v) is 5.94. The van der Waals surface area contributed by atoms with Gasteiger partial charge in [0.25, 0.3) is 0 Å². The van der Waals surface area contributed by atoms with Gasteiger partial charge in [-0.15, -0.1) is 11.3 Å². The van der Waals surface area contributed by atoms with Crippen molar-refractivity contribution >= 4 is 17.3 Å². The van der Waals surface area contributed by atoms with Crippen LogP contribution in [0, 0.1) is 0 Å². The van der Waals surface area contributed by atoms with Crippen molar-refractivity contribution in [2.45, 2.75) is 57.0 Å². The number of fused-ring (bicyclic) bond motifs is 2. The van der Waals surface area contributed by atoms with Crippen molar-refractivity contribution in [3.63, 3.8) is 0 Å². The second kappa shape index (κ2) is 4.87. The Morgan fingerprint density at radius 2 is 2.05 bits per heavy atom. The highest BCUT2D eigenvalue weighted by atomic mass is 32.1. The molecule has 1 aromatic rings. The first-order chi connectivity index (χ1) is 9.10. The molecule has 1 aromatic heterocycles. The van der Waals surface area contributed by atoms with Gasteiger partial charge in [-0.3, -0.25) is 0 Å². The molecule has 2 aliphatic rings. The molecule has 0 radical (unpaired) electrons. The molecule has 0 aromatic carbocycles. The molecule has 19 heavy (non-hydrogen) atoms. The maximum absolute atomic E-state index is 11.2. The monoisotopic (exact) mass is 280 g/mol. The number of carbonyl (C=O) groups is 1. The second-order valence-electron chi connectivity index (χ2n) is 5.71. The summed E-state index contributed by atoms with van der Waals surface area (Å²) in [5.41, 5.74) is 0.763. The van der Waals surface area contributed by atoms with Crippen LogP contribution in [0.5, 0.6) is 0 Å². The molecule has 2 fully saturated rings. The molecular weight excluding hydrogens is 260 g/mol. The molecule has 3 heterocycles. The highest BCUT2D eigenvalue weighted by molar-refractivity contribution is 7.13. The number of carboxylic acid groups (broad SMARTS) is 1. The second-order valence-corrected chi connectivity index (χ2v) is 6.74. The highest BCUT2D eigenvalue weighted by Gasteiger charge is 2.40. The number of aromatic nitrogens is 1. The van der Waals surface area contributed by atoms with Crippen molar-refractivity contribution in [2.24, 2.45) is 0 Å². The van der Waals surface area contributed by atoms with Crippen LogP contribution in [0.1, 0.15) is 58.9 Å². The summed E-state index contributed by atoms with van der Waals surface area (Å²) in [6, 6.07) is 1.34. The predicted molar refractivity (Wildman–Crippen MR) is 75.0 cm³/mol. The van der Waals surface area contributed by atoms with Crippen LogP contribution in [0.15, 0.2) is 0 Å². The van der Waals surface area contributed by atoms with E-state index in [1.54, 1.807) is 0 Å². The van der Waals surface area contributed by atoms with Crippen molar-refractivity contribution in [2.75, 3.05) is 7.05 Å². The quantitative estimate of drug-likeness (QED) is 0.925. The lowest BCUT2D eigenvalue weighted by Crippen LogP contribution is -2.39. The van der Waals surface area contributed by atoms with Crippen molar-refractivity contribution in [3.8, 4) is 0 Å². The average Bonchev–Trinajstić information content (AvgIpc) is 2.88. The lowest BCUT2D eigenvalue weighted by Gasteiger charge is -2.35. The molecule has 2 saturated heterocycles. The predicted octanol–water partition coefficient (Wildman–Crippen LogP) is 2.74. The van der Waals surface area contributed by atoms with E-state index >= 15 is 0 Å². The van der Waals surface area contributed by atoms with Gasteiger partial charge in [0.2, 0.25) is 0 Å². The minimum Gasteiger partial charge on any atom is -0.477 e. The number of piperidine rings is 1. The SMILES string of the molecule is CCc1nc(C2CC3CCC(C2)N3C)sc1C(=O)O. The zero-order valence-electron chi connectivity index (χ0n) is 11.4. The van der Waals surface area contributed by atoms with E-state index < -0.39 is 5.97 Å². The number of hydrogen-bond donors (Lipinski definition) is 1. The van der Waals surface area contributed by atoms with Gasteiger partial charge in [-0.2, -0.15) is 0 Å². The first-order valence-electron chi connectivity index (χ1n) is 7.05. The zero-order chi connectivity index (χ0) is 13.6. The molecule has 0 aliphatic carbocycles. The minimum atomic E-state index is -0.823. The normalized spacial score (nSPS) is 30.7. The van der Waals surface area contributed by atoms with E-state index in [0.29, 0.717) is 29.3 Å². The smallest absolute Gasteiger partial charge is 0.347 e. The van der Waals surface area contributed by atoms with Crippen molar-refractivity contribution in [3.05, 3.63) is 15.6 Å². The molecule has 0 amide bonds. The third kappa shape index (κ3) is 2.19. The Hall–Kier alpha value is -0.940. The summed E-state index contributed by atoms with van der Waals surface area (Å²) in [6.45, 7) is 1.98. The number of nitrogens with zero attached hydrogens (tertiary/aromatic N) is 2. The fourth-order valence-corrected chi connectivity index (χ4v) is 4.68. The van der Waals surface area contributed by atoms with Gasteiger partial charge >= 0.3 is 5.97 Å². The number of thiazole rings is 1. The Balaban J connectivity index is 1.85. The molecule has 104 valence electrons. The molecule has 2 atom stereocenters. The summed E-state index contributed by atoms with van der Waals surface area (Å²) >= 11 is 1.40. The van der Waals surface area contributed by atoms with Crippen LogP contribution in [0.2, 0.25) is 0 Å². The van der Waals surface area contributed by atoms with Crippen LogP contribution in [0.3, 0.4) is 0 Å². The molecule has 4 nitrogen and oxygen atoms in total. The standard InChI is InChI=1S/C14H20N2O2S/c1-3-11-12(14(17)18)19-13(15-11)8-6-9-4-5-10(7-8)16(9)2/h8-10H,3-7H2,1-2H3,(H,17,18). The average molecular weight is 280 g/mol. The third-order valence-electron chi connectivity index (χ3n) is 4.69. The Morgan fingerprint density at radius 3 is 2.53 bits per heavy atom. The van der Waals surface area contributed by atoms with Crippen LogP contribution in [-0.2, 0) is 6.42 Å². The summed E-state index contributed by atoms with van der Waals surface area (Å²) < 4.78 is 0. The Kier molecular flexibility index (Phi) is 3.35. The molecule has 5 heteroatoms. The molecule has 2 bridgehead atoms. The lowest BCUT2D eigenvalue weighted by molar-refractivity contribution is 0.0701. The van der Waals surface area contributed by atoms with Crippen molar-refractivity contribution < 1.29 is 9.90 Å². The van der Waals surface area contributed by atoms with Gasteiger partial charge in [-0.25, -0.2) is 9.78 Å². The van der Waals surface area contributed by atoms with E-state index in [2.05, 4.69) is 16.9 Å². The Morgan fingerprint density at radius 1 is 1.42 bits per heavy atom. The van der Waals surface area contributed by atoms with Crippen LogP contribution in [-0.4, -0.2) is 40.1 Å². The number of aromatic carboxylic acids is 1. The van der Waals surface area contributed by atoms with Gasteiger partial charge in [0.1, 0.15) is 4.88 Å². The van der Waals surface area contributed by atoms with E-state index in [1.165, 1.54) is 24.2 Å². The lowest BCUT2D eigenvalue weighted by atomic mass is 9.92. The van der Waals surface area contributed by atoms with E-state index in [9.17, 15) is 9.90 Å². The van der Waals surface area contributed by atoms with Crippen molar-refractivity contribution in [1.29, 1.82) is 0 Å². The van der Waals surface area contributed by atoms with E-state index in [-0.39, 0.29) is 0 Å². The van der Waals surface area contributed by atoms with Crippen LogP contribution >= 0.6 is 11.3 Å². The van der Waals surface area contributed by atoms with Gasteiger partial charge in [0.15, 0.2) is 0 Å². The largest absolute Gasteiger partial charge is 0.477 e. The first-order valence-corrected chi connectivity index (χ1v) is 7.86. The van der Waals surface area contributed by atoms with Gasteiger partial charge in [0, 0.05) is 18.0 Å². The molecule has 0 spiro atoms. The maximum atomic E-state index is 11.2. The number of aryl methyl sites for hydroxylation is 1. The zero-order valence-corrected chi connectivity index (χ0v) is 12.2. The Labute approximate surface area is 117 Å². The summed E-state index contributed by atoms with van der Waals surface area (Å²) in [5.74, 6) is -0.353. The molecule has 2 aliphatic heterocycles. The Bertz CT molecular complexity index is 486. The number of rotatable bonds is 3. The summed E-state index contributed by atoms with van der Waals surface area (Å²) in [4.78, 5) is 18.8. The molecule has 3 rings (SSSR count).